The topological polar surface area (TPSA) is 103 Å². The van der Waals surface area contributed by atoms with Gasteiger partial charge in [-0.3, -0.25) is 9.59 Å². The summed E-state index contributed by atoms with van der Waals surface area (Å²) in [5, 5.41) is 6.63. The summed E-state index contributed by atoms with van der Waals surface area (Å²) in [5.74, 6) is -1.45. The lowest BCUT2D eigenvalue weighted by atomic mass is 9.89. The van der Waals surface area contributed by atoms with E-state index in [1.807, 2.05) is 0 Å². The Balaban J connectivity index is 1.82. The number of amides is 1. The standard InChI is InChI=1S/C16H22F3N5O3S2/c1-14(2,3)27-12(26)15(5-24-9(25)8(20)10(24)28-6-15)7-29-13-22-21-11(23(13)4)16(17,18)19/h8,10H,5-7,20H2,1-4H3/t8?,10-,15?/m1/s1. The van der Waals surface area contributed by atoms with Gasteiger partial charge in [0, 0.05) is 25.1 Å². The van der Waals surface area contributed by atoms with E-state index < -0.39 is 35.0 Å². The van der Waals surface area contributed by atoms with Gasteiger partial charge in [-0.2, -0.15) is 13.2 Å². The van der Waals surface area contributed by atoms with Crippen molar-refractivity contribution in [1.82, 2.24) is 19.7 Å². The van der Waals surface area contributed by atoms with Crippen LogP contribution in [-0.4, -0.2) is 66.6 Å². The molecule has 2 saturated heterocycles. The number of aromatic nitrogens is 3. The number of thioether (sulfide) groups is 2. The first kappa shape index (κ1) is 22.2. The highest BCUT2D eigenvalue weighted by atomic mass is 32.2. The molecule has 2 fully saturated rings. The fraction of sp³-hybridized carbons (Fsp3) is 0.750. The monoisotopic (exact) mass is 453 g/mol. The van der Waals surface area contributed by atoms with Gasteiger partial charge in [-0.1, -0.05) is 11.8 Å². The van der Waals surface area contributed by atoms with Crippen LogP contribution < -0.4 is 5.73 Å². The van der Waals surface area contributed by atoms with Crippen molar-refractivity contribution in [3.63, 3.8) is 0 Å². The number of hydrogen-bond acceptors (Lipinski definition) is 8. The molecule has 0 aromatic carbocycles. The van der Waals surface area contributed by atoms with E-state index >= 15 is 0 Å². The van der Waals surface area contributed by atoms with Crippen LogP contribution in [0, 0.1) is 5.41 Å². The van der Waals surface area contributed by atoms with Gasteiger partial charge >= 0.3 is 12.1 Å². The van der Waals surface area contributed by atoms with E-state index in [0.29, 0.717) is 5.75 Å². The molecule has 0 aliphatic carbocycles. The number of esters is 1. The number of alkyl halides is 3. The number of rotatable bonds is 4. The molecule has 162 valence electrons. The van der Waals surface area contributed by atoms with Crippen LogP contribution in [0.15, 0.2) is 5.16 Å². The molecule has 3 atom stereocenters. The Morgan fingerprint density at radius 2 is 2.03 bits per heavy atom. The van der Waals surface area contributed by atoms with Crippen LogP contribution in [0.1, 0.15) is 26.6 Å². The van der Waals surface area contributed by atoms with Gasteiger partial charge in [0.1, 0.15) is 22.4 Å². The first-order valence-corrected chi connectivity index (χ1v) is 10.8. The normalized spacial score (nSPS) is 27.4. The molecule has 3 heterocycles. The lowest BCUT2D eigenvalue weighted by Gasteiger charge is -2.53. The molecule has 29 heavy (non-hydrogen) atoms. The average Bonchev–Trinajstić information content (AvgIpc) is 2.98. The third-order valence-corrected chi connectivity index (χ3v) is 7.50. The van der Waals surface area contributed by atoms with Crippen LogP contribution in [0.2, 0.25) is 0 Å². The number of hydrogen-bond donors (Lipinski definition) is 1. The fourth-order valence-electron chi connectivity index (χ4n) is 3.07. The summed E-state index contributed by atoms with van der Waals surface area (Å²) in [6, 6.07) is -0.600. The Bertz CT molecular complexity index is 826. The van der Waals surface area contributed by atoms with Crippen molar-refractivity contribution in [3.05, 3.63) is 5.82 Å². The van der Waals surface area contributed by atoms with Crippen LogP contribution >= 0.6 is 23.5 Å². The van der Waals surface area contributed by atoms with Crippen LogP contribution in [0.5, 0.6) is 0 Å². The zero-order chi connectivity index (χ0) is 21.8. The molecular weight excluding hydrogens is 431 g/mol. The zero-order valence-electron chi connectivity index (χ0n) is 16.3. The van der Waals surface area contributed by atoms with Gasteiger partial charge in [0.15, 0.2) is 5.16 Å². The van der Waals surface area contributed by atoms with Crippen molar-refractivity contribution in [2.75, 3.05) is 18.1 Å². The van der Waals surface area contributed by atoms with Crippen LogP contribution in [0.25, 0.3) is 0 Å². The summed E-state index contributed by atoms with van der Waals surface area (Å²) in [4.78, 5) is 26.7. The summed E-state index contributed by atoms with van der Waals surface area (Å²) >= 11 is 2.36. The maximum atomic E-state index is 13.0. The molecule has 0 spiro atoms. The predicted octanol–water partition coefficient (Wildman–Crippen LogP) is 1.50. The Morgan fingerprint density at radius 3 is 2.59 bits per heavy atom. The molecule has 13 heteroatoms. The third-order valence-electron chi connectivity index (χ3n) is 4.58. The fourth-order valence-corrected chi connectivity index (χ4v) is 5.78. The van der Waals surface area contributed by atoms with Crippen molar-refractivity contribution < 1.29 is 27.5 Å². The predicted molar refractivity (Wildman–Crippen MR) is 101 cm³/mol. The quantitative estimate of drug-likeness (QED) is 0.416. The number of nitrogens with two attached hydrogens (primary N) is 1. The molecule has 1 aromatic heterocycles. The molecule has 2 aliphatic heterocycles. The summed E-state index contributed by atoms with van der Waals surface area (Å²) in [6.07, 6.45) is -4.63. The van der Waals surface area contributed by atoms with Crippen LogP contribution in [0.4, 0.5) is 13.2 Å². The van der Waals surface area contributed by atoms with E-state index in [0.717, 1.165) is 16.3 Å². The van der Waals surface area contributed by atoms with E-state index in [-0.39, 0.29) is 28.7 Å². The third kappa shape index (κ3) is 4.22. The van der Waals surface area contributed by atoms with Crippen LogP contribution in [0.3, 0.4) is 0 Å². The molecule has 2 aliphatic rings. The van der Waals surface area contributed by atoms with Gasteiger partial charge in [0.25, 0.3) is 0 Å². The molecular formula is C16H22F3N5O3S2. The second-order valence-corrected chi connectivity index (χ2v) is 10.2. The first-order chi connectivity index (χ1) is 13.3. The zero-order valence-corrected chi connectivity index (χ0v) is 18.0. The summed E-state index contributed by atoms with van der Waals surface area (Å²) < 4.78 is 45.3. The number of nitrogens with zero attached hydrogens (tertiary/aromatic N) is 4. The highest BCUT2D eigenvalue weighted by Gasteiger charge is 2.56. The lowest BCUT2D eigenvalue weighted by molar-refractivity contribution is -0.169. The second kappa shape index (κ2) is 7.34. The Hall–Kier alpha value is -1.47. The number of β-lactam (4-membered cyclic amide) rings is 1. The SMILES string of the molecule is Cn1c(SCC2(C(=O)OC(C)(C)C)CS[C@@H]3C(N)C(=O)N3C2)nnc1C(F)(F)F. The van der Waals surface area contributed by atoms with Gasteiger partial charge in [-0.15, -0.1) is 22.0 Å². The van der Waals surface area contributed by atoms with E-state index in [1.165, 1.54) is 23.7 Å². The molecule has 8 nitrogen and oxygen atoms in total. The average molecular weight is 454 g/mol. The number of carbonyl (C=O) groups excluding carboxylic acids is 2. The Morgan fingerprint density at radius 1 is 1.38 bits per heavy atom. The van der Waals surface area contributed by atoms with Gasteiger partial charge < -0.3 is 19.9 Å². The largest absolute Gasteiger partial charge is 0.459 e. The molecule has 3 rings (SSSR count). The summed E-state index contributed by atoms with van der Waals surface area (Å²) in [5.41, 5.74) is 3.96. The molecule has 1 aromatic rings. The number of fused-ring (bicyclic) bond motifs is 1. The van der Waals surface area contributed by atoms with Crippen molar-refractivity contribution in [3.8, 4) is 0 Å². The maximum Gasteiger partial charge on any atom is 0.451 e. The second-order valence-electron chi connectivity index (χ2n) is 8.13. The van der Waals surface area contributed by atoms with Crippen molar-refractivity contribution in [1.29, 1.82) is 0 Å². The van der Waals surface area contributed by atoms with E-state index in [4.69, 9.17) is 10.5 Å². The molecule has 0 saturated carbocycles. The summed E-state index contributed by atoms with van der Waals surface area (Å²) in [7, 11) is 1.22. The first-order valence-electron chi connectivity index (χ1n) is 8.76. The molecule has 2 N–H and O–H groups in total. The Labute approximate surface area is 174 Å². The van der Waals surface area contributed by atoms with E-state index in [9.17, 15) is 22.8 Å². The lowest BCUT2D eigenvalue weighted by Crippen LogP contribution is -2.72. The minimum absolute atomic E-state index is 0.0269. The van der Waals surface area contributed by atoms with Gasteiger partial charge in [0.2, 0.25) is 11.7 Å². The summed E-state index contributed by atoms with van der Waals surface area (Å²) in [6.45, 7) is 5.29. The highest BCUT2D eigenvalue weighted by Crippen LogP contribution is 2.45. The van der Waals surface area contributed by atoms with Gasteiger partial charge in [-0.25, -0.2) is 0 Å². The molecule has 0 radical (unpaired) electrons. The highest BCUT2D eigenvalue weighted by molar-refractivity contribution is 8.00. The van der Waals surface area contributed by atoms with Crippen molar-refractivity contribution in [2.45, 2.75) is 49.1 Å². The number of ether oxygens (including phenoxy) is 1. The Kier molecular flexibility index (Phi) is 5.63. The minimum atomic E-state index is -4.63. The maximum absolute atomic E-state index is 13.0. The van der Waals surface area contributed by atoms with Gasteiger partial charge in [-0.05, 0) is 20.8 Å². The smallest absolute Gasteiger partial charge is 0.451 e. The van der Waals surface area contributed by atoms with Crippen molar-refractivity contribution in [2.24, 2.45) is 18.2 Å². The van der Waals surface area contributed by atoms with E-state index in [1.54, 1.807) is 20.8 Å². The molecule has 0 bridgehead atoms. The molecule has 1 amide bonds. The molecule has 2 unspecified atom stereocenters. The minimum Gasteiger partial charge on any atom is -0.459 e. The van der Waals surface area contributed by atoms with Gasteiger partial charge in [0.05, 0.1) is 0 Å². The van der Waals surface area contributed by atoms with Crippen LogP contribution in [-0.2, 0) is 27.5 Å². The number of halogens is 3. The van der Waals surface area contributed by atoms with Crippen molar-refractivity contribution >= 4 is 35.4 Å². The van der Waals surface area contributed by atoms with E-state index in [2.05, 4.69) is 10.2 Å². The number of carbonyl (C=O) groups is 2.